The van der Waals surface area contributed by atoms with Crippen LogP contribution in [0.15, 0.2) is 0 Å². The Kier molecular flexibility index (Phi) is 12.9. The van der Waals surface area contributed by atoms with Crippen LogP contribution in [0.1, 0.15) is 26.7 Å². The Balaban J connectivity index is 0. The van der Waals surface area contributed by atoms with Crippen LogP contribution in [0.3, 0.4) is 0 Å². The first kappa shape index (κ1) is 17.3. The largest absolute Gasteiger partial charge is 0.481 e. The van der Waals surface area contributed by atoms with E-state index >= 15 is 0 Å². The molecule has 1 atom stereocenters. The van der Waals surface area contributed by atoms with E-state index in [1.807, 2.05) is 0 Å². The predicted molar refractivity (Wildman–Crippen MR) is 56.8 cm³/mol. The maximum atomic E-state index is 10.3. The molecule has 0 aromatic rings. The molecule has 0 aliphatic heterocycles. The number of rotatable bonds is 6. The molecule has 0 heterocycles. The third-order valence-electron chi connectivity index (χ3n) is 1.68. The number of ether oxygens (including phenoxy) is 1. The van der Waals surface area contributed by atoms with Crippen molar-refractivity contribution in [3.05, 3.63) is 0 Å². The fraction of sp³-hybridized carbons (Fsp3) is 0.800. The molecule has 16 heavy (non-hydrogen) atoms. The van der Waals surface area contributed by atoms with Crippen molar-refractivity contribution in [3.8, 4) is 0 Å². The van der Waals surface area contributed by atoms with E-state index in [2.05, 4.69) is 4.74 Å². The fourth-order valence-electron chi connectivity index (χ4n) is 0.706. The average molecular weight is 236 g/mol. The number of aliphatic carboxylic acids is 1. The number of carbonyl (C=O) groups excluding carboxylic acids is 1. The number of carboxylic acids is 1. The zero-order valence-corrected chi connectivity index (χ0v) is 9.68. The fourth-order valence-corrected chi connectivity index (χ4v) is 0.706. The van der Waals surface area contributed by atoms with Crippen molar-refractivity contribution in [2.45, 2.75) is 26.7 Å². The number of carbonyl (C=O) groups is 2. The van der Waals surface area contributed by atoms with Crippen LogP contribution in [-0.4, -0.2) is 47.1 Å². The maximum Gasteiger partial charge on any atom is 0.308 e. The van der Waals surface area contributed by atoms with Crippen LogP contribution in [0.25, 0.3) is 0 Å². The van der Waals surface area contributed by atoms with Crippen molar-refractivity contribution < 1.29 is 29.6 Å². The zero-order chi connectivity index (χ0) is 13.0. The van der Waals surface area contributed by atoms with Gasteiger partial charge in [-0.25, -0.2) is 0 Å². The minimum atomic E-state index is -0.921. The Morgan fingerprint density at radius 2 is 1.81 bits per heavy atom. The first-order valence-corrected chi connectivity index (χ1v) is 5.13. The molecule has 1 unspecified atom stereocenters. The number of hydrogen-bond donors (Lipinski definition) is 3. The Labute approximate surface area is 94.8 Å². The standard InChI is InChI=1S/2C5H10O3/c1-2-8-5(7)3-4-6;1-2-4(3-6)5(7)8/h6H,2-4H2,1H3;4,6H,2-3H2,1H3,(H,7,8). The van der Waals surface area contributed by atoms with Crippen LogP contribution >= 0.6 is 0 Å². The van der Waals surface area contributed by atoms with Crippen LogP contribution < -0.4 is 0 Å². The predicted octanol–water partition coefficient (Wildman–Crippen LogP) is 0.0214. The summed E-state index contributed by atoms with van der Waals surface area (Å²) in [5.41, 5.74) is 0. The van der Waals surface area contributed by atoms with Gasteiger partial charge in [-0.1, -0.05) is 6.92 Å². The molecule has 0 saturated carbocycles. The van der Waals surface area contributed by atoms with Crippen molar-refractivity contribution >= 4 is 11.9 Å². The highest BCUT2D eigenvalue weighted by atomic mass is 16.5. The van der Waals surface area contributed by atoms with E-state index in [0.29, 0.717) is 13.0 Å². The molecule has 96 valence electrons. The lowest BCUT2D eigenvalue weighted by atomic mass is 10.1. The lowest BCUT2D eigenvalue weighted by Gasteiger charge is -2.01. The van der Waals surface area contributed by atoms with Gasteiger partial charge in [0.15, 0.2) is 0 Å². The summed E-state index contributed by atoms with van der Waals surface area (Å²) in [6.07, 6.45) is 0.597. The van der Waals surface area contributed by atoms with E-state index in [1.54, 1.807) is 13.8 Å². The van der Waals surface area contributed by atoms with E-state index < -0.39 is 11.9 Å². The summed E-state index contributed by atoms with van der Waals surface area (Å²) in [4.78, 5) is 20.3. The van der Waals surface area contributed by atoms with Gasteiger partial charge in [0.25, 0.3) is 0 Å². The summed E-state index contributed by atoms with van der Waals surface area (Å²) < 4.78 is 4.48. The van der Waals surface area contributed by atoms with E-state index in [1.165, 1.54) is 0 Å². The van der Waals surface area contributed by atoms with Crippen LogP contribution in [0.5, 0.6) is 0 Å². The molecule has 0 rings (SSSR count). The van der Waals surface area contributed by atoms with Crippen molar-refractivity contribution in [1.29, 1.82) is 0 Å². The van der Waals surface area contributed by atoms with E-state index in [0.717, 1.165) is 0 Å². The van der Waals surface area contributed by atoms with Gasteiger partial charge in [0.1, 0.15) is 0 Å². The minimum Gasteiger partial charge on any atom is -0.481 e. The third-order valence-corrected chi connectivity index (χ3v) is 1.68. The monoisotopic (exact) mass is 236 g/mol. The van der Waals surface area contributed by atoms with Crippen molar-refractivity contribution in [1.82, 2.24) is 0 Å². The van der Waals surface area contributed by atoms with Gasteiger partial charge in [-0.05, 0) is 13.3 Å². The number of hydrogen-bond acceptors (Lipinski definition) is 5. The number of aliphatic hydroxyl groups excluding tert-OH is 2. The smallest absolute Gasteiger partial charge is 0.308 e. The van der Waals surface area contributed by atoms with Crippen molar-refractivity contribution in [2.24, 2.45) is 5.92 Å². The summed E-state index contributed by atoms with van der Waals surface area (Å²) in [5.74, 6) is -1.83. The van der Waals surface area contributed by atoms with Crippen LogP contribution in [0.2, 0.25) is 0 Å². The Hall–Kier alpha value is -1.14. The second-order valence-electron chi connectivity index (χ2n) is 2.90. The highest BCUT2D eigenvalue weighted by Gasteiger charge is 2.11. The van der Waals surface area contributed by atoms with Gasteiger partial charge in [0, 0.05) is 0 Å². The molecule has 0 aromatic carbocycles. The van der Waals surface area contributed by atoms with Gasteiger partial charge >= 0.3 is 11.9 Å². The Morgan fingerprint density at radius 3 is 2.00 bits per heavy atom. The third kappa shape index (κ3) is 10.9. The first-order valence-electron chi connectivity index (χ1n) is 5.13. The topological polar surface area (TPSA) is 104 Å². The normalized spacial score (nSPS) is 11.0. The van der Waals surface area contributed by atoms with Crippen molar-refractivity contribution in [3.63, 3.8) is 0 Å². The molecule has 0 aromatic heterocycles. The molecule has 6 nitrogen and oxygen atoms in total. The maximum absolute atomic E-state index is 10.3. The number of esters is 1. The lowest BCUT2D eigenvalue weighted by molar-refractivity contribution is -0.144. The molecule has 0 fully saturated rings. The summed E-state index contributed by atoms with van der Waals surface area (Å²) in [6.45, 7) is 3.47. The molecular weight excluding hydrogens is 216 g/mol. The summed E-state index contributed by atoms with van der Waals surface area (Å²) >= 11 is 0. The molecule has 0 spiro atoms. The summed E-state index contributed by atoms with van der Waals surface area (Å²) in [7, 11) is 0. The quantitative estimate of drug-likeness (QED) is 0.562. The van der Waals surface area contributed by atoms with E-state index in [9.17, 15) is 9.59 Å². The molecule has 0 aliphatic rings. The average Bonchev–Trinajstić information content (AvgIpc) is 2.20. The van der Waals surface area contributed by atoms with Gasteiger partial charge in [-0.2, -0.15) is 0 Å². The Morgan fingerprint density at radius 1 is 1.25 bits per heavy atom. The Bertz CT molecular complexity index is 178. The molecule has 0 amide bonds. The molecular formula is C10H20O6. The minimum absolute atomic E-state index is 0.105. The molecule has 3 N–H and O–H groups in total. The molecule has 0 aliphatic carbocycles. The van der Waals surface area contributed by atoms with Crippen LogP contribution in [-0.2, 0) is 14.3 Å². The highest BCUT2D eigenvalue weighted by molar-refractivity contribution is 5.70. The van der Waals surface area contributed by atoms with Gasteiger partial charge in [-0.15, -0.1) is 0 Å². The number of aliphatic hydroxyl groups is 2. The first-order chi connectivity index (χ1) is 7.53. The van der Waals surface area contributed by atoms with Crippen LogP contribution in [0.4, 0.5) is 0 Å². The summed E-state index contributed by atoms with van der Waals surface area (Å²) in [5, 5.41) is 24.7. The summed E-state index contributed by atoms with van der Waals surface area (Å²) in [6, 6.07) is 0. The van der Waals surface area contributed by atoms with Crippen molar-refractivity contribution in [2.75, 3.05) is 19.8 Å². The molecule has 0 bridgehead atoms. The second kappa shape index (κ2) is 11.9. The molecule has 0 saturated heterocycles. The van der Waals surface area contributed by atoms with Crippen LogP contribution in [0, 0.1) is 5.92 Å². The van der Waals surface area contributed by atoms with Gasteiger partial charge in [0.05, 0.1) is 32.2 Å². The van der Waals surface area contributed by atoms with Gasteiger partial charge in [-0.3, -0.25) is 9.59 Å². The lowest BCUT2D eigenvalue weighted by Crippen LogP contribution is -2.16. The zero-order valence-electron chi connectivity index (χ0n) is 9.68. The van der Waals surface area contributed by atoms with Gasteiger partial charge < -0.3 is 20.1 Å². The highest BCUT2D eigenvalue weighted by Crippen LogP contribution is 1.98. The SMILES string of the molecule is CCC(CO)C(=O)O.CCOC(=O)CCO. The molecule has 0 radical (unpaired) electrons. The molecule has 6 heteroatoms. The van der Waals surface area contributed by atoms with E-state index in [-0.39, 0.29) is 25.6 Å². The number of carboxylic acid groups (broad SMARTS) is 1. The van der Waals surface area contributed by atoms with E-state index in [4.69, 9.17) is 15.3 Å². The second-order valence-corrected chi connectivity index (χ2v) is 2.90. The van der Waals surface area contributed by atoms with Gasteiger partial charge in [0.2, 0.25) is 0 Å².